The van der Waals surface area contributed by atoms with Gasteiger partial charge in [-0.15, -0.1) is 0 Å². The van der Waals surface area contributed by atoms with Gasteiger partial charge in [-0.1, -0.05) is 6.92 Å². The zero-order chi connectivity index (χ0) is 11.9. The number of rotatable bonds is 6. The van der Waals surface area contributed by atoms with Gasteiger partial charge in [0.25, 0.3) is 0 Å². The number of carbonyl (C=O) groups is 1. The van der Waals surface area contributed by atoms with E-state index in [9.17, 15) is 18.0 Å². The third kappa shape index (κ3) is 9.52. The molecule has 0 rings (SSSR count). The summed E-state index contributed by atoms with van der Waals surface area (Å²) in [5, 5.41) is 5.38. The van der Waals surface area contributed by atoms with Crippen LogP contribution in [0.3, 0.4) is 0 Å². The first-order valence-corrected chi connectivity index (χ1v) is 4.83. The van der Waals surface area contributed by atoms with Gasteiger partial charge >= 0.3 is 6.18 Å². The molecular formula is C9H17F3N2O. The SMILES string of the molecule is CNC[C@@H](C)CNC(=O)CCC(F)(F)F. The third-order valence-corrected chi connectivity index (χ3v) is 1.84. The highest BCUT2D eigenvalue weighted by Gasteiger charge is 2.27. The van der Waals surface area contributed by atoms with Gasteiger partial charge in [-0.3, -0.25) is 4.79 Å². The number of alkyl halides is 3. The van der Waals surface area contributed by atoms with Crippen molar-refractivity contribution >= 4 is 5.91 Å². The fraction of sp³-hybridized carbons (Fsp3) is 0.889. The Kier molecular flexibility index (Phi) is 6.31. The first-order chi connectivity index (χ1) is 6.85. The first kappa shape index (κ1) is 14.2. The van der Waals surface area contributed by atoms with Gasteiger partial charge in [-0.2, -0.15) is 13.2 Å². The Bertz CT molecular complexity index is 194. The van der Waals surface area contributed by atoms with Crippen LogP contribution in [0.4, 0.5) is 13.2 Å². The highest BCUT2D eigenvalue weighted by Crippen LogP contribution is 2.20. The fourth-order valence-electron chi connectivity index (χ4n) is 1.05. The summed E-state index contributed by atoms with van der Waals surface area (Å²) in [6, 6.07) is 0. The minimum Gasteiger partial charge on any atom is -0.356 e. The number of hydrogen-bond acceptors (Lipinski definition) is 2. The van der Waals surface area contributed by atoms with Gasteiger partial charge in [0.15, 0.2) is 0 Å². The second kappa shape index (κ2) is 6.66. The average Bonchev–Trinajstić information content (AvgIpc) is 2.11. The standard InChI is InChI=1S/C9H17F3N2O/c1-7(5-13-2)6-14-8(15)3-4-9(10,11)12/h7,13H,3-6H2,1-2H3,(H,14,15)/t7-/m1/s1. The van der Waals surface area contributed by atoms with Gasteiger partial charge in [0.2, 0.25) is 5.91 Å². The molecule has 0 aliphatic carbocycles. The Morgan fingerprint density at radius 3 is 2.40 bits per heavy atom. The van der Waals surface area contributed by atoms with Crippen molar-refractivity contribution in [1.29, 1.82) is 0 Å². The Hall–Kier alpha value is -0.780. The molecule has 1 atom stereocenters. The van der Waals surface area contributed by atoms with Crippen molar-refractivity contribution in [2.45, 2.75) is 25.9 Å². The number of nitrogens with one attached hydrogen (secondary N) is 2. The number of carbonyl (C=O) groups excluding carboxylic acids is 1. The van der Waals surface area contributed by atoms with Crippen LogP contribution in [0.25, 0.3) is 0 Å². The van der Waals surface area contributed by atoms with E-state index in [1.54, 1.807) is 7.05 Å². The van der Waals surface area contributed by atoms with E-state index >= 15 is 0 Å². The maximum absolute atomic E-state index is 11.7. The molecule has 0 aliphatic rings. The largest absolute Gasteiger partial charge is 0.389 e. The summed E-state index contributed by atoms with van der Waals surface area (Å²) in [7, 11) is 1.78. The van der Waals surface area contributed by atoms with Crippen molar-refractivity contribution in [3.05, 3.63) is 0 Å². The van der Waals surface area contributed by atoms with Crippen LogP contribution < -0.4 is 10.6 Å². The molecule has 0 saturated heterocycles. The smallest absolute Gasteiger partial charge is 0.356 e. The van der Waals surface area contributed by atoms with Gasteiger partial charge in [0, 0.05) is 13.0 Å². The minimum atomic E-state index is -4.26. The highest BCUT2D eigenvalue weighted by molar-refractivity contribution is 5.75. The second-order valence-electron chi connectivity index (χ2n) is 3.58. The van der Waals surface area contributed by atoms with E-state index in [0.29, 0.717) is 6.54 Å². The molecule has 0 heterocycles. The van der Waals surface area contributed by atoms with E-state index in [0.717, 1.165) is 6.54 Å². The lowest BCUT2D eigenvalue weighted by atomic mass is 10.2. The normalized spacial score (nSPS) is 13.7. The maximum Gasteiger partial charge on any atom is 0.389 e. The van der Waals surface area contributed by atoms with E-state index < -0.39 is 24.9 Å². The quantitative estimate of drug-likeness (QED) is 0.716. The topological polar surface area (TPSA) is 41.1 Å². The molecule has 0 saturated carbocycles. The zero-order valence-electron chi connectivity index (χ0n) is 8.95. The van der Waals surface area contributed by atoms with E-state index in [1.807, 2.05) is 6.92 Å². The summed E-state index contributed by atoms with van der Waals surface area (Å²) in [5.74, 6) is -0.333. The molecule has 0 aromatic heterocycles. The molecule has 0 aromatic carbocycles. The lowest BCUT2D eigenvalue weighted by molar-refractivity contribution is -0.144. The Morgan fingerprint density at radius 2 is 1.93 bits per heavy atom. The maximum atomic E-state index is 11.7. The number of amides is 1. The second-order valence-corrected chi connectivity index (χ2v) is 3.58. The molecule has 0 spiro atoms. The van der Waals surface area contributed by atoms with Crippen LogP contribution >= 0.6 is 0 Å². The molecular weight excluding hydrogens is 209 g/mol. The van der Waals surface area contributed by atoms with E-state index in [-0.39, 0.29) is 5.92 Å². The van der Waals surface area contributed by atoms with Gasteiger partial charge < -0.3 is 10.6 Å². The molecule has 0 aliphatic heterocycles. The molecule has 0 bridgehead atoms. The summed E-state index contributed by atoms with van der Waals surface area (Å²) >= 11 is 0. The predicted molar refractivity (Wildman–Crippen MR) is 51.4 cm³/mol. The molecule has 6 heteroatoms. The van der Waals surface area contributed by atoms with E-state index in [1.165, 1.54) is 0 Å². The summed E-state index contributed by atoms with van der Waals surface area (Å²) in [6.45, 7) is 3.03. The molecule has 3 nitrogen and oxygen atoms in total. The molecule has 15 heavy (non-hydrogen) atoms. The van der Waals surface area contributed by atoms with Gasteiger partial charge in [-0.05, 0) is 19.5 Å². The lowest BCUT2D eigenvalue weighted by Crippen LogP contribution is -2.32. The summed E-state index contributed by atoms with van der Waals surface area (Å²) in [6.07, 6.45) is -5.80. The Labute approximate surface area is 87.4 Å². The first-order valence-electron chi connectivity index (χ1n) is 4.83. The van der Waals surface area contributed by atoms with Crippen molar-refractivity contribution in [1.82, 2.24) is 10.6 Å². The fourth-order valence-corrected chi connectivity index (χ4v) is 1.05. The predicted octanol–water partition coefficient (Wildman–Crippen LogP) is 1.30. The minimum absolute atomic E-state index is 0.213. The van der Waals surface area contributed by atoms with Crippen molar-refractivity contribution in [3.63, 3.8) is 0 Å². The molecule has 0 unspecified atom stereocenters. The van der Waals surface area contributed by atoms with E-state index in [2.05, 4.69) is 10.6 Å². The van der Waals surface area contributed by atoms with Gasteiger partial charge in [0.1, 0.15) is 0 Å². The Balaban J connectivity index is 3.58. The van der Waals surface area contributed by atoms with Crippen molar-refractivity contribution in [3.8, 4) is 0 Å². The Morgan fingerprint density at radius 1 is 1.33 bits per heavy atom. The van der Waals surface area contributed by atoms with E-state index in [4.69, 9.17) is 0 Å². The molecule has 0 fully saturated rings. The van der Waals surface area contributed by atoms with Crippen LogP contribution in [0.1, 0.15) is 19.8 Å². The number of halogens is 3. The van der Waals surface area contributed by atoms with Gasteiger partial charge in [-0.25, -0.2) is 0 Å². The highest BCUT2D eigenvalue weighted by atomic mass is 19.4. The monoisotopic (exact) mass is 226 g/mol. The molecule has 0 radical (unpaired) electrons. The van der Waals surface area contributed by atoms with Crippen LogP contribution in [0.2, 0.25) is 0 Å². The van der Waals surface area contributed by atoms with Crippen molar-refractivity contribution in [2.75, 3.05) is 20.1 Å². The third-order valence-electron chi connectivity index (χ3n) is 1.84. The van der Waals surface area contributed by atoms with Crippen LogP contribution in [-0.2, 0) is 4.79 Å². The molecule has 0 aromatic rings. The lowest BCUT2D eigenvalue weighted by Gasteiger charge is -2.12. The van der Waals surface area contributed by atoms with Crippen molar-refractivity contribution < 1.29 is 18.0 Å². The summed E-state index contributed by atoms with van der Waals surface area (Å²) in [4.78, 5) is 11.0. The molecule has 90 valence electrons. The summed E-state index contributed by atoms with van der Waals surface area (Å²) in [5.41, 5.74) is 0. The van der Waals surface area contributed by atoms with Crippen LogP contribution in [-0.4, -0.2) is 32.2 Å². The molecule has 2 N–H and O–H groups in total. The zero-order valence-corrected chi connectivity index (χ0v) is 8.95. The molecule has 1 amide bonds. The van der Waals surface area contributed by atoms with Crippen LogP contribution in [0.5, 0.6) is 0 Å². The van der Waals surface area contributed by atoms with Crippen molar-refractivity contribution in [2.24, 2.45) is 5.92 Å². The van der Waals surface area contributed by atoms with Crippen LogP contribution in [0.15, 0.2) is 0 Å². The summed E-state index contributed by atoms with van der Waals surface area (Å²) < 4.78 is 35.2. The van der Waals surface area contributed by atoms with Crippen LogP contribution in [0, 0.1) is 5.92 Å². The average molecular weight is 226 g/mol. The van der Waals surface area contributed by atoms with Gasteiger partial charge in [0.05, 0.1) is 6.42 Å². The number of hydrogen-bond donors (Lipinski definition) is 2.